The summed E-state index contributed by atoms with van der Waals surface area (Å²) in [7, 11) is 1.35. The lowest BCUT2D eigenvalue weighted by Crippen LogP contribution is -2.43. The maximum atomic E-state index is 12.6. The molecule has 0 radical (unpaired) electrons. The molecule has 1 rings (SSSR count). The van der Waals surface area contributed by atoms with Crippen molar-refractivity contribution in [1.29, 1.82) is 0 Å². The van der Waals surface area contributed by atoms with E-state index in [2.05, 4.69) is 23.9 Å². The lowest BCUT2D eigenvalue weighted by Gasteiger charge is -2.34. The first kappa shape index (κ1) is 18.7. The summed E-state index contributed by atoms with van der Waals surface area (Å²) in [5, 5.41) is 3.43. The second-order valence-corrected chi connectivity index (χ2v) is 6.92. The molecule has 0 saturated carbocycles. The van der Waals surface area contributed by atoms with Crippen LogP contribution < -0.4 is 5.32 Å². The summed E-state index contributed by atoms with van der Waals surface area (Å²) in [5.74, 6) is 0. The fourth-order valence-electron chi connectivity index (χ4n) is 2.14. The zero-order valence-corrected chi connectivity index (χ0v) is 14.2. The third kappa shape index (κ3) is 5.42. The van der Waals surface area contributed by atoms with E-state index in [0.29, 0.717) is 0 Å². The number of benzene rings is 1. The van der Waals surface area contributed by atoms with Crippen LogP contribution in [0.25, 0.3) is 0 Å². The molecule has 0 aromatic heterocycles. The van der Waals surface area contributed by atoms with Gasteiger partial charge in [-0.1, -0.05) is 36.3 Å². The van der Waals surface area contributed by atoms with Gasteiger partial charge in [0.1, 0.15) is 0 Å². The molecular formula is C15H22F3NS2. The minimum Gasteiger partial charge on any atom is -0.310 e. The summed E-state index contributed by atoms with van der Waals surface area (Å²) in [4.78, 5) is 0. The van der Waals surface area contributed by atoms with Crippen LogP contribution in [0, 0.1) is 0 Å². The normalized spacial score (nSPS) is 14.2. The van der Waals surface area contributed by atoms with E-state index in [1.165, 1.54) is 10.8 Å². The summed E-state index contributed by atoms with van der Waals surface area (Å²) in [6, 6.07) is 5.35. The summed E-state index contributed by atoms with van der Waals surface area (Å²) < 4.78 is 37.8. The summed E-state index contributed by atoms with van der Waals surface area (Å²) in [6.45, 7) is 7.10. The van der Waals surface area contributed by atoms with Gasteiger partial charge >= 0.3 is 6.18 Å². The van der Waals surface area contributed by atoms with Crippen LogP contribution in [0.15, 0.2) is 24.3 Å². The number of hydrogen-bond acceptors (Lipinski definition) is 3. The third-order valence-electron chi connectivity index (χ3n) is 3.41. The van der Waals surface area contributed by atoms with Gasteiger partial charge in [-0.2, -0.15) is 13.2 Å². The van der Waals surface area contributed by atoms with Crippen LogP contribution in [0.1, 0.15) is 50.0 Å². The fraction of sp³-hybridized carbons (Fsp3) is 0.600. The topological polar surface area (TPSA) is 12.0 Å². The zero-order chi connectivity index (χ0) is 16.1. The van der Waals surface area contributed by atoms with Crippen LogP contribution in [-0.4, -0.2) is 12.1 Å². The maximum Gasteiger partial charge on any atom is 0.416 e. The molecular weight excluding hydrogens is 315 g/mol. The summed E-state index contributed by atoms with van der Waals surface area (Å²) in [6.07, 6.45) is -2.13. The van der Waals surface area contributed by atoms with Crippen LogP contribution in [0.5, 0.6) is 0 Å². The fourth-order valence-corrected chi connectivity index (χ4v) is 3.92. The number of hydrogen-bond donors (Lipinski definition) is 2. The first-order valence-electron chi connectivity index (χ1n) is 6.94. The Morgan fingerprint density at radius 3 is 2.19 bits per heavy atom. The van der Waals surface area contributed by atoms with Gasteiger partial charge in [0.05, 0.1) is 10.8 Å². The Labute approximate surface area is 133 Å². The Hall–Kier alpha value is -0.330. The molecule has 0 aliphatic carbocycles. The first-order valence-corrected chi connectivity index (χ1v) is 8.88. The molecule has 1 unspecified atom stereocenters. The van der Waals surface area contributed by atoms with Crippen molar-refractivity contribution in [1.82, 2.24) is 5.32 Å². The van der Waals surface area contributed by atoms with Crippen LogP contribution in [0.3, 0.4) is 0 Å². The molecule has 1 N–H and O–H groups in total. The van der Waals surface area contributed by atoms with Crippen molar-refractivity contribution in [2.24, 2.45) is 0 Å². The molecule has 0 aliphatic rings. The van der Waals surface area contributed by atoms with E-state index in [1.807, 2.05) is 13.8 Å². The minimum atomic E-state index is -4.29. The number of alkyl halides is 3. The molecule has 0 heterocycles. The average Bonchev–Trinajstić information content (AvgIpc) is 2.39. The van der Waals surface area contributed by atoms with E-state index in [9.17, 15) is 13.2 Å². The Morgan fingerprint density at radius 2 is 1.76 bits per heavy atom. The monoisotopic (exact) mass is 337 g/mol. The molecule has 0 bridgehead atoms. The van der Waals surface area contributed by atoms with Crippen LogP contribution in [0.2, 0.25) is 0 Å². The van der Waals surface area contributed by atoms with E-state index >= 15 is 0 Å². The smallest absolute Gasteiger partial charge is 0.310 e. The predicted molar refractivity (Wildman–Crippen MR) is 87.8 cm³/mol. The number of thiol groups is 1. The zero-order valence-electron chi connectivity index (χ0n) is 12.5. The highest BCUT2D eigenvalue weighted by molar-refractivity contribution is 8.68. The van der Waals surface area contributed by atoms with E-state index in [1.54, 1.807) is 12.1 Å². The molecule has 6 heteroatoms. The highest BCUT2D eigenvalue weighted by Gasteiger charge is 2.33. The lowest BCUT2D eigenvalue weighted by atomic mass is 9.93. The molecule has 1 atom stereocenters. The molecule has 0 saturated heterocycles. The van der Waals surface area contributed by atoms with Crippen LogP contribution in [-0.2, 0) is 6.18 Å². The first-order chi connectivity index (χ1) is 9.72. The van der Waals surface area contributed by atoms with E-state index in [4.69, 9.17) is 0 Å². The molecule has 0 amide bonds. The number of rotatable bonds is 7. The summed E-state index contributed by atoms with van der Waals surface area (Å²) in [5.41, 5.74) is -0.0238. The second-order valence-electron chi connectivity index (χ2n) is 5.61. The van der Waals surface area contributed by atoms with Crippen molar-refractivity contribution in [2.75, 3.05) is 6.54 Å². The Morgan fingerprint density at radius 1 is 1.19 bits per heavy atom. The van der Waals surface area contributed by atoms with E-state index in [-0.39, 0.29) is 10.8 Å². The summed E-state index contributed by atoms with van der Waals surface area (Å²) >= 11 is 4.30. The molecule has 0 spiro atoms. The van der Waals surface area contributed by atoms with Gasteiger partial charge in [-0.3, -0.25) is 0 Å². The average molecular weight is 337 g/mol. The molecule has 0 fully saturated rings. The Kier molecular flexibility index (Phi) is 6.94. The molecule has 1 aromatic carbocycles. The second kappa shape index (κ2) is 7.79. The predicted octanol–water partition coefficient (Wildman–Crippen LogP) is 5.49. The van der Waals surface area contributed by atoms with E-state index in [0.717, 1.165) is 37.1 Å². The molecule has 1 nitrogen and oxygen atoms in total. The largest absolute Gasteiger partial charge is 0.416 e. The van der Waals surface area contributed by atoms with Crippen molar-refractivity contribution in [2.45, 2.75) is 50.6 Å². The van der Waals surface area contributed by atoms with Crippen LogP contribution in [0.4, 0.5) is 13.2 Å². The van der Waals surface area contributed by atoms with Gasteiger partial charge in [0.2, 0.25) is 0 Å². The standard InChI is InChI=1S/C15H22F3NS2/c1-4-5-10-19-14(2,3)13(21-20)11-6-8-12(9-7-11)15(16,17)18/h6-9,13,19-20H,4-5,10H2,1-3H3. The van der Waals surface area contributed by atoms with Gasteiger partial charge in [0, 0.05) is 5.54 Å². The Balaban J connectivity index is 2.89. The third-order valence-corrected chi connectivity index (χ3v) is 5.12. The highest BCUT2D eigenvalue weighted by Crippen LogP contribution is 2.41. The molecule has 120 valence electrons. The highest BCUT2D eigenvalue weighted by atomic mass is 33.1. The SMILES string of the molecule is CCCCNC(C)(C)C(SS)c1ccc(C(F)(F)F)cc1. The minimum absolute atomic E-state index is 0.0278. The van der Waals surface area contributed by atoms with Crippen molar-refractivity contribution < 1.29 is 13.2 Å². The van der Waals surface area contributed by atoms with Gasteiger partial charge < -0.3 is 5.32 Å². The van der Waals surface area contributed by atoms with Gasteiger partial charge in [-0.25, -0.2) is 0 Å². The maximum absolute atomic E-state index is 12.6. The van der Waals surface area contributed by atoms with Gasteiger partial charge in [0.15, 0.2) is 0 Å². The van der Waals surface area contributed by atoms with Crippen molar-refractivity contribution in [3.05, 3.63) is 35.4 Å². The molecule has 21 heavy (non-hydrogen) atoms. The quantitative estimate of drug-likeness (QED) is 0.387. The molecule has 0 aliphatic heterocycles. The van der Waals surface area contributed by atoms with E-state index < -0.39 is 11.7 Å². The van der Waals surface area contributed by atoms with Crippen LogP contribution >= 0.6 is 22.5 Å². The number of nitrogens with one attached hydrogen (secondary N) is 1. The van der Waals surface area contributed by atoms with Gasteiger partial charge in [0.25, 0.3) is 0 Å². The van der Waals surface area contributed by atoms with Crippen molar-refractivity contribution in [3.8, 4) is 0 Å². The van der Waals surface area contributed by atoms with Gasteiger partial charge in [-0.05, 0) is 44.5 Å². The lowest BCUT2D eigenvalue weighted by molar-refractivity contribution is -0.137. The number of unbranched alkanes of at least 4 members (excludes halogenated alkanes) is 1. The number of halogens is 3. The van der Waals surface area contributed by atoms with Crippen molar-refractivity contribution in [3.63, 3.8) is 0 Å². The van der Waals surface area contributed by atoms with Crippen molar-refractivity contribution >= 4 is 22.5 Å². The Bertz CT molecular complexity index is 430. The molecule has 1 aromatic rings. The van der Waals surface area contributed by atoms with Gasteiger partial charge in [-0.15, -0.1) is 11.7 Å².